The molecule has 3 heteroatoms. The lowest BCUT2D eigenvalue weighted by Gasteiger charge is -2.31. The molecule has 1 atom stereocenters. The van der Waals surface area contributed by atoms with Crippen LogP contribution in [0.1, 0.15) is 54.6 Å². The van der Waals surface area contributed by atoms with E-state index < -0.39 is 0 Å². The van der Waals surface area contributed by atoms with Crippen LogP contribution in [0.15, 0.2) is 66.9 Å². The van der Waals surface area contributed by atoms with E-state index in [1.165, 1.54) is 22.9 Å². The highest BCUT2D eigenvalue weighted by molar-refractivity contribution is 5.31. The van der Waals surface area contributed by atoms with E-state index in [2.05, 4.69) is 65.9 Å². The first-order valence-electron chi connectivity index (χ1n) is 9.85. The van der Waals surface area contributed by atoms with Gasteiger partial charge in [0.05, 0.1) is 6.04 Å². The van der Waals surface area contributed by atoms with Gasteiger partial charge in [0.1, 0.15) is 5.82 Å². The predicted molar refractivity (Wildman–Crippen MR) is 108 cm³/mol. The van der Waals surface area contributed by atoms with Crippen molar-refractivity contribution in [3.8, 4) is 0 Å². The Morgan fingerprint density at radius 1 is 1.00 bits per heavy atom. The fraction of sp³-hybridized carbons (Fsp3) is 0.333. The number of aromatic nitrogens is 1. The van der Waals surface area contributed by atoms with Crippen LogP contribution in [0.25, 0.3) is 0 Å². The quantitative estimate of drug-likeness (QED) is 0.574. The molecule has 0 saturated heterocycles. The number of fused-ring (bicyclic) bond motifs is 1. The molecule has 1 unspecified atom stereocenters. The van der Waals surface area contributed by atoms with E-state index in [1.54, 1.807) is 6.07 Å². The summed E-state index contributed by atoms with van der Waals surface area (Å²) in [6.45, 7) is 7.31. The number of hydrogen-bond acceptors (Lipinski definition) is 1. The highest BCUT2D eigenvalue weighted by Crippen LogP contribution is 2.33. The Morgan fingerprint density at radius 3 is 2.56 bits per heavy atom. The van der Waals surface area contributed by atoms with Crippen molar-refractivity contribution in [3.63, 3.8) is 0 Å². The van der Waals surface area contributed by atoms with Crippen molar-refractivity contribution in [2.75, 3.05) is 6.54 Å². The van der Waals surface area contributed by atoms with Crippen LogP contribution < -0.4 is 0 Å². The zero-order valence-corrected chi connectivity index (χ0v) is 16.1. The number of nitrogens with zero attached hydrogens (tertiary/aromatic N) is 2. The molecular weight excluding hydrogens is 335 g/mol. The van der Waals surface area contributed by atoms with Crippen LogP contribution in [0.2, 0.25) is 0 Å². The Morgan fingerprint density at radius 2 is 1.81 bits per heavy atom. The van der Waals surface area contributed by atoms with Crippen molar-refractivity contribution in [1.82, 2.24) is 9.47 Å². The maximum atomic E-state index is 14.0. The minimum absolute atomic E-state index is 0.0722. The van der Waals surface area contributed by atoms with E-state index >= 15 is 0 Å². The molecule has 1 aliphatic heterocycles. The Labute approximate surface area is 161 Å². The van der Waals surface area contributed by atoms with Crippen LogP contribution in [-0.2, 0) is 13.1 Å². The molecule has 0 amide bonds. The second-order valence-corrected chi connectivity index (χ2v) is 7.80. The van der Waals surface area contributed by atoms with Crippen molar-refractivity contribution < 1.29 is 4.39 Å². The van der Waals surface area contributed by atoms with E-state index in [9.17, 15) is 4.39 Å². The Kier molecular flexibility index (Phi) is 5.13. The number of halogens is 1. The monoisotopic (exact) mass is 362 g/mol. The molecule has 0 spiro atoms. The SMILES string of the molecule is CC(C)c1ccc(CN2CCCn3cccc3C2c2cccc(F)c2)cc1. The van der Waals surface area contributed by atoms with Gasteiger partial charge >= 0.3 is 0 Å². The van der Waals surface area contributed by atoms with Gasteiger partial charge in [-0.3, -0.25) is 4.90 Å². The molecule has 0 aliphatic carbocycles. The van der Waals surface area contributed by atoms with Gasteiger partial charge in [0.25, 0.3) is 0 Å². The highest BCUT2D eigenvalue weighted by Gasteiger charge is 2.27. The smallest absolute Gasteiger partial charge is 0.123 e. The summed E-state index contributed by atoms with van der Waals surface area (Å²) in [6.07, 6.45) is 3.24. The van der Waals surface area contributed by atoms with Crippen molar-refractivity contribution >= 4 is 0 Å². The van der Waals surface area contributed by atoms with Gasteiger partial charge in [-0.05, 0) is 53.3 Å². The first-order valence-corrected chi connectivity index (χ1v) is 9.85. The molecule has 4 rings (SSSR count). The third-order valence-corrected chi connectivity index (χ3v) is 5.55. The minimum Gasteiger partial charge on any atom is -0.350 e. The molecule has 1 aliphatic rings. The molecule has 2 aromatic carbocycles. The Bertz CT molecular complexity index is 895. The highest BCUT2D eigenvalue weighted by atomic mass is 19.1. The molecule has 140 valence electrons. The summed E-state index contributed by atoms with van der Waals surface area (Å²) >= 11 is 0. The van der Waals surface area contributed by atoms with Crippen LogP contribution >= 0.6 is 0 Å². The minimum atomic E-state index is -0.170. The average molecular weight is 362 g/mol. The van der Waals surface area contributed by atoms with Crippen LogP contribution in [-0.4, -0.2) is 16.0 Å². The second kappa shape index (κ2) is 7.69. The van der Waals surface area contributed by atoms with Crippen LogP contribution in [0.5, 0.6) is 0 Å². The number of rotatable bonds is 4. The first kappa shape index (κ1) is 18.0. The molecule has 0 N–H and O–H groups in total. The topological polar surface area (TPSA) is 8.17 Å². The maximum absolute atomic E-state index is 14.0. The summed E-state index contributed by atoms with van der Waals surface area (Å²) in [5.41, 5.74) is 4.94. The van der Waals surface area contributed by atoms with E-state index in [0.29, 0.717) is 5.92 Å². The van der Waals surface area contributed by atoms with Crippen molar-refractivity contribution in [3.05, 3.63) is 95.1 Å². The third-order valence-electron chi connectivity index (χ3n) is 5.55. The van der Waals surface area contributed by atoms with Gasteiger partial charge in [-0.25, -0.2) is 4.39 Å². The molecule has 0 radical (unpaired) electrons. The molecule has 2 nitrogen and oxygen atoms in total. The van der Waals surface area contributed by atoms with E-state index in [1.807, 2.05) is 12.1 Å². The molecule has 0 bridgehead atoms. The average Bonchev–Trinajstić information content (AvgIpc) is 3.03. The largest absolute Gasteiger partial charge is 0.350 e. The summed E-state index contributed by atoms with van der Waals surface area (Å²) in [6, 6.07) is 20.4. The van der Waals surface area contributed by atoms with E-state index in [-0.39, 0.29) is 11.9 Å². The summed E-state index contributed by atoms with van der Waals surface area (Å²) in [4.78, 5) is 2.48. The molecule has 1 aromatic heterocycles. The summed E-state index contributed by atoms with van der Waals surface area (Å²) in [7, 11) is 0. The zero-order valence-electron chi connectivity index (χ0n) is 16.1. The normalized spacial score (nSPS) is 17.7. The fourth-order valence-corrected chi connectivity index (χ4v) is 4.11. The standard InChI is InChI=1S/C24H27FN2/c1-18(2)20-11-9-19(10-12-20)17-27-15-5-14-26-13-4-8-23(26)24(27)21-6-3-7-22(25)16-21/h3-4,6-13,16,18,24H,5,14-15,17H2,1-2H3. The van der Waals surface area contributed by atoms with Crippen molar-refractivity contribution in [2.24, 2.45) is 0 Å². The van der Waals surface area contributed by atoms with Crippen molar-refractivity contribution in [2.45, 2.75) is 45.3 Å². The van der Waals surface area contributed by atoms with Gasteiger partial charge in [-0.15, -0.1) is 0 Å². The van der Waals surface area contributed by atoms with E-state index in [4.69, 9.17) is 0 Å². The van der Waals surface area contributed by atoms with Crippen LogP contribution in [0, 0.1) is 5.82 Å². The molecular formula is C24H27FN2. The van der Waals surface area contributed by atoms with Gasteiger partial charge in [-0.1, -0.05) is 50.2 Å². The Balaban J connectivity index is 1.68. The Hall–Kier alpha value is -2.39. The number of aryl methyl sites for hydroxylation is 1. The summed E-state index contributed by atoms with van der Waals surface area (Å²) in [5, 5.41) is 0. The van der Waals surface area contributed by atoms with Crippen molar-refractivity contribution in [1.29, 1.82) is 0 Å². The third kappa shape index (κ3) is 3.84. The fourth-order valence-electron chi connectivity index (χ4n) is 4.11. The maximum Gasteiger partial charge on any atom is 0.123 e. The van der Waals surface area contributed by atoms with Crippen LogP contribution in [0.3, 0.4) is 0 Å². The van der Waals surface area contributed by atoms with E-state index in [0.717, 1.165) is 31.6 Å². The lowest BCUT2D eigenvalue weighted by molar-refractivity contribution is 0.220. The lowest BCUT2D eigenvalue weighted by Crippen LogP contribution is -2.29. The first-order chi connectivity index (χ1) is 13.1. The van der Waals surface area contributed by atoms with Gasteiger partial charge in [-0.2, -0.15) is 0 Å². The molecule has 0 saturated carbocycles. The predicted octanol–water partition coefficient (Wildman–Crippen LogP) is 5.75. The van der Waals surface area contributed by atoms with Gasteiger partial charge in [0, 0.05) is 31.5 Å². The molecule has 0 fully saturated rings. The lowest BCUT2D eigenvalue weighted by atomic mass is 9.99. The number of hydrogen-bond donors (Lipinski definition) is 0. The summed E-state index contributed by atoms with van der Waals surface area (Å²) in [5.74, 6) is 0.372. The van der Waals surface area contributed by atoms with Crippen LogP contribution in [0.4, 0.5) is 4.39 Å². The number of benzene rings is 2. The molecule has 27 heavy (non-hydrogen) atoms. The van der Waals surface area contributed by atoms with Gasteiger partial charge < -0.3 is 4.57 Å². The summed E-state index contributed by atoms with van der Waals surface area (Å²) < 4.78 is 16.3. The molecule has 3 aromatic rings. The van der Waals surface area contributed by atoms with Gasteiger partial charge in [0.15, 0.2) is 0 Å². The van der Waals surface area contributed by atoms with Gasteiger partial charge in [0.2, 0.25) is 0 Å². The second-order valence-electron chi connectivity index (χ2n) is 7.80. The zero-order chi connectivity index (χ0) is 18.8. The molecule has 2 heterocycles.